The molecule has 9 heteroatoms. The lowest BCUT2D eigenvalue weighted by Gasteiger charge is -2.32. The van der Waals surface area contributed by atoms with Gasteiger partial charge in [-0.1, -0.05) is 0 Å². The lowest BCUT2D eigenvalue weighted by atomic mass is 10.0. The number of rotatable bonds is 4. The van der Waals surface area contributed by atoms with Gasteiger partial charge in [-0.15, -0.1) is 0 Å². The Labute approximate surface area is 179 Å². The first-order valence-electron chi connectivity index (χ1n) is 10.0. The van der Waals surface area contributed by atoms with E-state index >= 15 is 0 Å². The van der Waals surface area contributed by atoms with Crippen LogP contribution in [0.25, 0.3) is 11.1 Å². The van der Waals surface area contributed by atoms with Gasteiger partial charge < -0.3 is 4.90 Å². The van der Waals surface area contributed by atoms with Crippen molar-refractivity contribution in [2.75, 3.05) is 18.9 Å². The smallest absolute Gasteiger partial charge is 0.329 e. The molecule has 0 aromatic carbocycles. The molecule has 0 saturated heterocycles. The Hall–Kier alpha value is -3.62. The number of aromatic nitrogens is 2. The predicted octanol–water partition coefficient (Wildman–Crippen LogP) is 1.39. The van der Waals surface area contributed by atoms with E-state index in [2.05, 4.69) is 10.3 Å². The van der Waals surface area contributed by atoms with E-state index in [-0.39, 0.29) is 17.7 Å². The average molecular weight is 424 g/mol. The van der Waals surface area contributed by atoms with Gasteiger partial charge in [-0.2, -0.15) is 4.39 Å². The van der Waals surface area contributed by atoms with Gasteiger partial charge in [0.15, 0.2) is 0 Å². The molecule has 2 aromatic heterocycles. The van der Waals surface area contributed by atoms with Gasteiger partial charge in [0.05, 0.1) is 13.2 Å². The van der Waals surface area contributed by atoms with Crippen LogP contribution in [0, 0.1) is 5.95 Å². The van der Waals surface area contributed by atoms with Gasteiger partial charge in [0, 0.05) is 42.6 Å². The number of anilines is 1. The first-order chi connectivity index (χ1) is 14.8. The SMILES string of the molecule is CC(C(=O)Nc1ccc(-c2ccc(F)nc2)c[n+]1C)N1CCCC2=C1C(=O)N(C)C2=O. The van der Waals surface area contributed by atoms with Crippen LogP contribution < -0.4 is 9.88 Å². The summed E-state index contributed by atoms with van der Waals surface area (Å²) in [7, 11) is 3.25. The van der Waals surface area contributed by atoms with Crippen LogP contribution in [0.4, 0.5) is 10.2 Å². The predicted molar refractivity (Wildman–Crippen MR) is 110 cm³/mol. The monoisotopic (exact) mass is 424 g/mol. The van der Waals surface area contributed by atoms with E-state index in [1.807, 2.05) is 12.3 Å². The highest BCUT2D eigenvalue weighted by molar-refractivity contribution is 6.19. The fourth-order valence-electron chi connectivity index (χ4n) is 3.96. The van der Waals surface area contributed by atoms with Crippen molar-refractivity contribution in [3.05, 3.63) is 53.9 Å². The van der Waals surface area contributed by atoms with Crippen molar-refractivity contribution < 1.29 is 23.3 Å². The summed E-state index contributed by atoms with van der Waals surface area (Å²) in [6.45, 7) is 2.25. The number of likely N-dealkylation sites (N-methyl/N-ethyl adjacent to an activating group) is 1. The van der Waals surface area contributed by atoms with Crippen LogP contribution in [0.5, 0.6) is 0 Å². The highest BCUT2D eigenvalue weighted by Crippen LogP contribution is 2.32. The first-order valence-corrected chi connectivity index (χ1v) is 10.0. The molecule has 0 fully saturated rings. The lowest BCUT2D eigenvalue weighted by molar-refractivity contribution is -0.656. The molecule has 2 aliphatic heterocycles. The Balaban J connectivity index is 1.52. The van der Waals surface area contributed by atoms with E-state index in [0.717, 1.165) is 16.0 Å². The zero-order valence-electron chi connectivity index (χ0n) is 17.6. The summed E-state index contributed by atoms with van der Waals surface area (Å²) in [6.07, 6.45) is 4.51. The number of aryl methyl sites for hydroxylation is 1. The number of halogens is 1. The summed E-state index contributed by atoms with van der Waals surface area (Å²) in [6, 6.07) is 5.86. The zero-order valence-corrected chi connectivity index (χ0v) is 17.6. The molecule has 1 N–H and O–H groups in total. The van der Waals surface area contributed by atoms with Crippen LogP contribution in [0.3, 0.4) is 0 Å². The van der Waals surface area contributed by atoms with E-state index < -0.39 is 12.0 Å². The maximum absolute atomic E-state index is 13.1. The van der Waals surface area contributed by atoms with Crippen LogP contribution in [-0.4, -0.2) is 52.1 Å². The molecule has 8 nitrogen and oxygen atoms in total. The topological polar surface area (TPSA) is 86.5 Å². The second-order valence-electron chi connectivity index (χ2n) is 7.74. The summed E-state index contributed by atoms with van der Waals surface area (Å²) >= 11 is 0. The minimum absolute atomic E-state index is 0.282. The Morgan fingerprint density at radius 2 is 1.94 bits per heavy atom. The fourth-order valence-corrected chi connectivity index (χ4v) is 3.96. The van der Waals surface area contributed by atoms with E-state index in [0.29, 0.717) is 36.5 Å². The molecule has 160 valence electrons. The molecule has 3 amide bonds. The summed E-state index contributed by atoms with van der Waals surface area (Å²) in [5.41, 5.74) is 2.40. The molecule has 0 saturated carbocycles. The number of nitrogens with zero attached hydrogens (tertiary/aromatic N) is 4. The molecule has 0 spiro atoms. The van der Waals surface area contributed by atoms with Gasteiger partial charge in [0.1, 0.15) is 11.7 Å². The van der Waals surface area contributed by atoms with Crippen LogP contribution in [0.1, 0.15) is 19.8 Å². The molecule has 4 heterocycles. The molecule has 4 rings (SSSR count). The molecule has 0 aliphatic carbocycles. The normalized spacial score (nSPS) is 17.2. The third-order valence-corrected chi connectivity index (χ3v) is 5.76. The lowest BCUT2D eigenvalue weighted by Crippen LogP contribution is -2.47. The number of pyridine rings is 2. The zero-order chi connectivity index (χ0) is 22.3. The number of carbonyl (C=O) groups excluding carboxylic acids is 3. The number of hydrogen-bond acceptors (Lipinski definition) is 5. The van der Waals surface area contributed by atoms with Gasteiger partial charge in [-0.3, -0.25) is 14.5 Å². The van der Waals surface area contributed by atoms with Crippen molar-refractivity contribution in [3.63, 3.8) is 0 Å². The van der Waals surface area contributed by atoms with Crippen molar-refractivity contribution in [2.45, 2.75) is 25.8 Å². The number of carbonyl (C=O) groups is 3. The van der Waals surface area contributed by atoms with Gasteiger partial charge in [-0.25, -0.2) is 19.7 Å². The summed E-state index contributed by atoms with van der Waals surface area (Å²) in [5.74, 6) is -0.907. The van der Waals surface area contributed by atoms with Crippen molar-refractivity contribution in [1.82, 2.24) is 14.8 Å². The molecule has 1 atom stereocenters. The largest absolute Gasteiger partial charge is 0.353 e. The van der Waals surface area contributed by atoms with E-state index in [4.69, 9.17) is 0 Å². The van der Waals surface area contributed by atoms with Crippen molar-refractivity contribution in [1.29, 1.82) is 0 Å². The molecule has 0 bridgehead atoms. The third-order valence-electron chi connectivity index (χ3n) is 5.76. The van der Waals surface area contributed by atoms with Crippen molar-refractivity contribution in [3.8, 4) is 11.1 Å². The maximum atomic E-state index is 13.1. The summed E-state index contributed by atoms with van der Waals surface area (Å²) in [4.78, 5) is 44.3. The van der Waals surface area contributed by atoms with Crippen LogP contribution in [0.2, 0.25) is 0 Å². The minimum atomic E-state index is -0.630. The van der Waals surface area contributed by atoms with Crippen molar-refractivity contribution >= 4 is 23.5 Å². The molecule has 31 heavy (non-hydrogen) atoms. The molecular formula is C22H23FN5O3+. The molecule has 2 aromatic rings. The Kier molecular flexibility index (Phi) is 5.26. The maximum Gasteiger partial charge on any atom is 0.329 e. The van der Waals surface area contributed by atoms with Gasteiger partial charge in [0.2, 0.25) is 5.95 Å². The first kappa shape index (κ1) is 20.6. The molecule has 1 unspecified atom stereocenters. The molecule has 0 radical (unpaired) electrons. The van der Waals surface area contributed by atoms with Gasteiger partial charge >= 0.3 is 5.91 Å². The Morgan fingerprint density at radius 3 is 2.61 bits per heavy atom. The number of nitrogens with one attached hydrogen (secondary N) is 1. The Bertz CT molecular complexity index is 1110. The van der Waals surface area contributed by atoms with Gasteiger partial charge in [0.25, 0.3) is 17.6 Å². The van der Waals surface area contributed by atoms with E-state index in [9.17, 15) is 18.8 Å². The highest BCUT2D eigenvalue weighted by atomic mass is 19.1. The van der Waals surface area contributed by atoms with Crippen molar-refractivity contribution in [2.24, 2.45) is 7.05 Å². The second kappa shape index (κ2) is 7.90. The number of hydrogen-bond donors (Lipinski definition) is 1. The van der Waals surface area contributed by atoms with Gasteiger partial charge in [-0.05, 0) is 38.0 Å². The molecule has 2 aliphatic rings. The second-order valence-corrected chi connectivity index (χ2v) is 7.74. The van der Waals surface area contributed by atoms with Crippen LogP contribution >= 0.6 is 0 Å². The van der Waals surface area contributed by atoms with Crippen LogP contribution in [-0.2, 0) is 21.4 Å². The third kappa shape index (κ3) is 3.67. The van der Waals surface area contributed by atoms with Crippen LogP contribution in [0.15, 0.2) is 47.9 Å². The quantitative estimate of drug-likeness (QED) is 0.455. The van der Waals surface area contributed by atoms with E-state index in [1.165, 1.54) is 19.3 Å². The summed E-state index contributed by atoms with van der Waals surface area (Å²) in [5, 5.41) is 2.89. The molecular weight excluding hydrogens is 401 g/mol. The fraction of sp³-hybridized carbons (Fsp3) is 0.318. The Morgan fingerprint density at radius 1 is 1.19 bits per heavy atom. The number of imide groups is 1. The standard InChI is InChI=1S/C22H22FN5O3/c1-13(28-10-4-5-16-19(28)22(31)27(3)21(16)30)20(29)25-18-9-7-15(12-26(18)2)14-6-8-17(23)24-11-14/h6-9,11-13H,4-5,10H2,1-3H3/p+1. The average Bonchev–Trinajstić information content (AvgIpc) is 2.99. The van der Waals surface area contributed by atoms with E-state index in [1.54, 1.807) is 35.6 Å². The minimum Gasteiger partial charge on any atom is -0.353 e. The summed E-state index contributed by atoms with van der Waals surface area (Å²) < 4.78 is 14.8. The number of amides is 3. The highest BCUT2D eigenvalue weighted by Gasteiger charge is 2.43.